The van der Waals surface area contributed by atoms with Crippen molar-refractivity contribution in [1.82, 2.24) is 14.5 Å². The smallest absolute Gasteiger partial charge is 0.282 e. The molecule has 2 rings (SSSR count). The highest BCUT2D eigenvalue weighted by Crippen LogP contribution is 2.27. The first-order chi connectivity index (χ1) is 10.5. The second-order valence-corrected chi connectivity index (χ2v) is 8.72. The third-order valence-electron chi connectivity index (χ3n) is 3.48. The van der Waals surface area contributed by atoms with Gasteiger partial charge in [0.2, 0.25) is 0 Å². The summed E-state index contributed by atoms with van der Waals surface area (Å²) in [7, 11) is -2.04. The molecule has 2 aromatic heterocycles. The Bertz CT molecular complexity index is 804. The average Bonchev–Trinajstić information content (AvgIpc) is 2.76. The molecule has 0 aliphatic rings. The quantitative estimate of drug-likeness (QED) is 0.861. The Morgan fingerprint density at radius 2 is 1.87 bits per heavy atom. The summed E-state index contributed by atoms with van der Waals surface area (Å²) in [6, 6.07) is 5.39. The number of anilines is 1. The summed E-state index contributed by atoms with van der Waals surface area (Å²) in [5.41, 5.74) is 0.560. The van der Waals surface area contributed by atoms with Crippen LogP contribution in [0.15, 0.2) is 29.4 Å². The fourth-order valence-corrected chi connectivity index (χ4v) is 4.02. The second kappa shape index (κ2) is 5.96. The molecule has 0 saturated heterocycles. The lowest BCUT2D eigenvalue weighted by Crippen LogP contribution is -2.39. The van der Waals surface area contributed by atoms with Gasteiger partial charge in [-0.1, -0.05) is 26.8 Å². The first-order valence-corrected chi connectivity index (χ1v) is 8.91. The van der Waals surface area contributed by atoms with E-state index in [1.165, 1.54) is 10.5 Å². The highest BCUT2D eigenvalue weighted by molar-refractivity contribution is 7.92. The van der Waals surface area contributed by atoms with Crippen LogP contribution in [0.1, 0.15) is 32.3 Å². The lowest BCUT2D eigenvalue weighted by molar-refractivity contribution is 0.424. The zero-order valence-corrected chi connectivity index (χ0v) is 15.3. The minimum Gasteiger partial charge on any atom is -0.321 e. The molecule has 0 aliphatic heterocycles. The summed E-state index contributed by atoms with van der Waals surface area (Å²) in [6.45, 7) is 9.95. The maximum Gasteiger partial charge on any atom is 0.282 e. The van der Waals surface area contributed by atoms with Crippen molar-refractivity contribution in [1.29, 1.82) is 0 Å². The molecule has 0 aromatic carbocycles. The minimum absolute atomic E-state index is 0.169. The largest absolute Gasteiger partial charge is 0.321 e. The molecule has 0 atom stereocenters. The lowest BCUT2D eigenvalue weighted by atomic mass is 9.97. The van der Waals surface area contributed by atoms with Gasteiger partial charge in [0.15, 0.2) is 5.03 Å². The van der Waals surface area contributed by atoms with Gasteiger partial charge in [0, 0.05) is 19.3 Å². The standard InChI is InChI=1S/C16H24N4O2S/c1-12-8-7-9-14(18-12)20(11-16(3,4)5)23(21,22)15-10-17-13(2)19(15)6/h7-10H,11H2,1-6H3. The van der Waals surface area contributed by atoms with Crippen molar-refractivity contribution in [2.45, 2.75) is 39.6 Å². The number of aromatic nitrogens is 3. The van der Waals surface area contributed by atoms with Crippen LogP contribution in [0.3, 0.4) is 0 Å². The van der Waals surface area contributed by atoms with Gasteiger partial charge >= 0.3 is 0 Å². The van der Waals surface area contributed by atoms with E-state index in [4.69, 9.17) is 0 Å². The fourth-order valence-electron chi connectivity index (χ4n) is 2.22. The molecule has 0 saturated carbocycles. The van der Waals surface area contributed by atoms with Crippen LogP contribution in [0.25, 0.3) is 0 Å². The number of hydrogen-bond donors (Lipinski definition) is 0. The highest BCUT2D eigenvalue weighted by Gasteiger charge is 2.32. The molecule has 0 bridgehead atoms. The molecule has 6 nitrogen and oxygen atoms in total. The number of imidazole rings is 1. The van der Waals surface area contributed by atoms with Crippen molar-refractivity contribution in [2.24, 2.45) is 12.5 Å². The van der Waals surface area contributed by atoms with Gasteiger partial charge in [-0.3, -0.25) is 0 Å². The van der Waals surface area contributed by atoms with E-state index < -0.39 is 10.0 Å². The van der Waals surface area contributed by atoms with E-state index in [-0.39, 0.29) is 10.4 Å². The first-order valence-electron chi connectivity index (χ1n) is 7.47. The van der Waals surface area contributed by atoms with Crippen LogP contribution in [-0.4, -0.2) is 29.5 Å². The van der Waals surface area contributed by atoms with E-state index in [0.717, 1.165) is 5.69 Å². The van der Waals surface area contributed by atoms with Crippen molar-refractivity contribution in [3.63, 3.8) is 0 Å². The first kappa shape index (κ1) is 17.5. The third kappa shape index (κ3) is 3.72. The molecule has 0 amide bonds. The SMILES string of the molecule is Cc1cccc(N(CC(C)(C)C)S(=O)(=O)c2cnc(C)n2C)n1. The average molecular weight is 336 g/mol. The zero-order valence-electron chi connectivity index (χ0n) is 14.5. The van der Waals surface area contributed by atoms with Gasteiger partial charge in [0.05, 0.1) is 6.20 Å². The molecule has 0 fully saturated rings. The summed E-state index contributed by atoms with van der Waals surface area (Å²) < 4.78 is 29.3. The Morgan fingerprint density at radius 3 is 2.35 bits per heavy atom. The Kier molecular flexibility index (Phi) is 4.52. The fraction of sp³-hybridized carbons (Fsp3) is 0.500. The van der Waals surface area contributed by atoms with Gasteiger partial charge in [-0.05, 0) is 31.4 Å². The van der Waals surface area contributed by atoms with Crippen LogP contribution in [0.5, 0.6) is 0 Å². The molecule has 126 valence electrons. The number of rotatable bonds is 4. The van der Waals surface area contributed by atoms with E-state index in [1.807, 2.05) is 39.8 Å². The summed E-state index contributed by atoms with van der Waals surface area (Å²) in [4.78, 5) is 8.51. The Balaban J connectivity index is 2.59. The number of pyridine rings is 1. The van der Waals surface area contributed by atoms with Gasteiger partial charge in [-0.15, -0.1) is 0 Å². The van der Waals surface area contributed by atoms with Crippen LogP contribution in [0.2, 0.25) is 0 Å². The molecule has 23 heavy (non-hydrogen) atoms. The zero-order chi connectivity index (χ0) is 17.4. The Hall–Kier alpha value is -1.89. The second-order valence-electron chi connectivity index (χ2n) is 6.91. The lowest BCUT2D eigenvalue weighted by Gasteiger charge is -2.30. The highest BCUT2D eigenvalue weighted by atomic mass is 32.2. The third-order valence-corrected chi connectivity index (χ3v) is 5.28. The van der Waals surface area contributed by atoms with Crippen LogP contribution >= 0.6 is 0 Å². The molecule has 0 N–H and O–H groups in total. The van der Waals surface area contributed by atoms with E-state index in [2.05, 4.69) is 9.97 Å². The number of aryl methyl sites for hydroxylation is 2. The van der Waals surface area contributed by atoms with Gasteiger partial charge in [-0.2, -0.15) is 8.42 Å². The van der Waals surface area contributed by atoms with E-state index in [0.29, 0.717) is 18.2 Å². The molecule has 2 aromatic rings. The molecule has 0 unspecified atom stereocenters. The Labute approximate surface area is 138 Å². The molecule has 2 heterocycles. The maximum absolute atomic E-state index is 13.2. The summed E-state index contributed by atoms with van der Waals surface area (Å²) >= 11 is 0. The molecular formula is C16H24N4O2S. The van der Waals surface area contributed by atoms with Crippen LogP contribution < -0.4 is 4.31 Å². The van der Waals surface area contributed by atoms with Crippen molar-refractivity contribution in [3.8, 4) is 0 Å². The van der Waals surface area contributed by atoms with Crippen LogP contribution in [0, 0.1) is 19.3 Å². The van der Waals surface area contributed by atoms with E-state index in [1.54, 1.807) is 24.6 Å². The Morgan fingerprint density at radius 1 is 1.22 bits per heavy atom. The van der Waals surface area contributed by atoms with Crippen LogP contribution in [-0.2, 0) is 17.1 Å². The van der Waals surface area contributed by atoms with E-state index in [9.17, 15) is 8.42 Å². The predicted molar refractivity (Wildman–Crippen MR) is 90.9 cm³/mol. The summed E-state index contributed by atoms with van der Waals surface area (Å²) in [5.74, 6) is 1.08. The predicted octanol–water partition coefficient (Wildman–Crippen LogP) is 2.67. The van der Waals surface area contributed by atoms with Crippen molar-refractivity contribution < 1.29 is 8.42 Å². The van der Waals surface area contributed by atoms with Crippen molar-refractivity contribution in [3.05, 3.63) is 35.9 Å². The number of sulfonamides is 1. The molecular weight excluding hydrogens is 312 g/mol. The normalized spacial score (nSPS) is 12.4. The molecule has 7 heteroatoms. The topological polar surface area (TPSA) is 68.1 Å². The summed E-state index contributed by atoms with van der Waals surface area (Å²) in [5, 5.41) is 0.169. The van der Waals surface area contributed by atoms with Gasteiger partial charge < -0.3 is 4.57 Å². The molecule has 0 radical (unpaired) electrons. The van der Waals surface area contributed by atoms with Gasteiger partial charge in [-0.25, -0.2) is 14.3 Å². The summed E-state index contributed by atoms with van der Waals surface area (Å²) in [6.07, 6.45) is 1.40. The van der Waals surface area contributed by atoms with E-state index >= 15 is 0 Å². The van der Waals surface area contributed by atoms with Crippen molar-refractivity contribution in [2.75, 3.05) is 10.8 Å². The van der Waals surface area contributed by atoms with Gasteiger partial charge in [0.1, 0.15) is 11.6 Å². The van der Waals surface area contributed by atoms with Crippen molar-refractivity contribution >= 4 is 15.8 Å². The number of hydrogen-bond acceptors (Lipinski definition) is 4. The van der Waals surface area contributed by atoms with Crippen LogP contribution in [0.4, 0.5) is 5.82 Å². The molecule has 0 aliphatic carbocycles. The monoisotopic (exact) mass is 336 g/mol. The number of nitrogens with zero attached hydrogens (tertiary/aromatic N) is 4. The van der Waals surface area contributed by atoms with Gasteiger partial charge in [0.25, 0.3) is 10.0 Å². The minimum atomic E-state index is -3.74. The molecule has 0 spiro atoms. The maximum atomic E-state index is 13.2.